The van der Waals surface area contributed by atoms with Crippen LogP contribution in [0.3, 0.4) is 0 Å². The second-order valence-electron chi connectivity index (χ2n) is 6.75. The first-order valence-electron chi connectivity index (χ1n) is 9.26. The average Bonchev–Trinajstić information content (AvgIpc) is 3.44. The molecule has 3 N–H and O–H groups in total. The minimum absolute atomic E-state index is 0.173. The molecule has 2 heterocycles. The van der Waals surface area contributed by atoms with Gasteiger partial charge in [-0.1, -0.05) is 24.3 Å². The van der Waals surface area contributed by atoms with E-state index in [1.165, 1.54) is 0 Å². The van der Waals surface area contributed by atoms with E-state index >= 15 is 0 Å². The molecule has 5 aromatic rings. The summed E-state index contributed by atoms with van der Waals surface area (Å²) in [6.07, 6.45) is 3.37. The van der Waals surface area contributed by atoms with Gasteiger partial charge in [-0.05, 0) is 48.5 Å². The van der Waals surface area contributed by atoms with Gasteiger partial charge in [0.25, 0.3) is 10.0 Å². The maximum absolute atomic E-state index is 12.8. The molecule has 0 atom stereocenters. The van der Waals surface area contributed by atoms with Crippen LogP contribution in [0, 0.1) is 0 Å². The van der Waals surface area contributed by atoms with Gasteiger partial charge in [-0.2, -0.15) is 0 Å². The number of aromatic nitrogens is 4. The molecule has 0 aliphatic carbocycles. The minimum atomic E-state index is -3.73. The first kappa shape index (κ1) is 18.1. The molecular weight excluding hydrogens is 398 g/mol. The smallest absolute Gasteiger partial charge is 0.261 e. The van der Waals surface area contributed by atoms with E-state index in [1.54, 1.807) is 54.9 Å². The van der Waals surface area contributed by atoms with Crippen LogP contribution in [0.4, 0.5) is 5.69 Å². The molecule has 0 spiro atoms. The molecule has 0 unspecified atom stereocenters. The van der Waals surface area contributed by atoms with Crippen molar-refractivity contribution in [1.82, 2.24) is 19.9 Å². The van der Waals surface area contributed by atoms with Gasteiger partial charge in [0, 0.05) is 29.2 Å². The van der Waals surface area contributed by atoms with E-state index in [9.17, 15) is 8.42 Å². The summed E-state index contributed by atoms with van der Waals surface area (Å²) in [7, 11) is -3.73. The third-order valence-corrected chi connectivity index (χ3v) is 6.11. The maximum atomic E-state index is 12.8. The van der Waals surface area contributed by atoms with Crippen molar-refractivity contribution in [2.45, 2.75) is 4.90 Å². The Balaban J connectivity index is 1.41. The number of nitrogens with zero attached hydrogens (tertiary/aromatic N) is 2. The first-order valence-corrected chi connectivity index (χ1v) is 10.7. The van der Waals surface area contributed by atoms with Gasteiger partial charge < -0.3 is 9.97 Å². The Bertz CT molecular complexity index is 1390. The summed E-state index contributed by atoms with van der Waals surface area (Å²) in [4.78, 5) is 15.2. The molecule has 8 heteroatoms. The molecule has 7 nitrogen and oxygen atoms in total. The number of imidazole rings is 2. The summed E-state index contributed by atoms with van der Waals surface area (Å²) >= 11 is 0. The lowest BCUT2D eigenvalue weighted by Gasteiger charge is -2.09. The molecule has 0 amide bonds. The minimum Gasteiger partial charge on any atom is -0.345 e. The number of nitrogens with one attached hydrogen (secondary N) is 3. The zero-order valence-electron chi connectivity index (χ0n) is 15.7. The van der Waals surface area contributed by atoms with Crippen molar-refractivity contribution in [2.24, 2.45) is 0 Å². The molecule has 0 aliphatic heterocycles. The van der Waals surface area contributed by atoms with Crippen LogP contribution in [0.25, 0.3) is 33.8 Å². The van der Waals surface area contributed by atoms with Crippen LogP contribution in [0.5, 0.6) is 0 Å². The number of hydrogen-bond donors (Lipinski definition) is 3. The van der Waals surface area contributed by atoms with Crippen LogP contribution in [0.1, 0.15) is 0 Å². The van der Waals surface area contributed by atoms with Crippen molar-refractivity contribution in [3.63, 3.8) is 0 Å². The number of hydrogen-bond acceptors (Lipinski definition) is 4. The lowest BCUT2D eigenvalue weighted by molar-refractivity contribution is 0.601. The van der Waals surface area contributed by atoms with Crippen LogP contribution < -0.4 is 4.72 Å². The van der Waals surface area contributed by atoms with Gasteiger partial charge in [-0.3, -0.25) is 4.72 Å². The Morgan fingerprint density at radius 1 is 0.833 bits per heavy atom. The third-order valence-electron chi connectivity index (χ3n) is 4.71. The number of sulfonamides is 1. The zero-order chi connectivity index (χ0) is 20.6. The lowest BCUT2D eigenvalue weighted by Crippen LogP contribution is -2.12. The molecule has 30 heavy (non-hydrogen) atoms. The van der Waals surface area contributed by atoms with Gasteiger partial charge in [0.1, 0.15) is 11.6 Å². The highest BCUT2D eigenvalue weighted by atomic mass is 32.2. The number of aromatic amines is 2. The van der Waals surface area contributed by atoms with E-state index in [0.717, 1.165) is 22.2 Å². The van der Waals surface area contributed by atoms with Crippen molar-refractivity contribution in [3.8, 4) is 22.8 Å². The standard InChI is InChI=1S/C22H17N5O2S/c28-30(29,18-10-8-15(9-11-18)21-23-12-13-24-21)27-17-5-3-4-16(14-17)22-25-19-6-1-2-7-20(19)26-22/h1-14,27H,(H,23,24)(H,25,26). The van der Waals surface area contributed by atoms with E-state index in [-0.39, 0.29) is 4.90 Å². The first-order chi connectivity index (χ1) is 14.6. The predicted octanol–water partition coefficient (Wildman–Crippen LogP) is 4.42. The Hall–Kier alpha value is -3.91. The van der Waals surface area contributed by atoms with E-state index in [0.29, 0.717) is 17.3 Å². The fraction of sp³-hybridized carbons (Fsp3) is 0. The molecule has 148 valence electrons. The SMILES string of the molecule is O=S(=O)(Nc1cccc(-c2nc3ccccc3[nH]2)c1)c1ccc(-c2ncc[nH]2)cc1. The summed E-state index contributed by atoms with van der Waals surface area (Å²) in [6.45, 7) is 0. The van der Waals surface area contributed by atoms with Crippen molar-refractivity contribution in [3.05, 3.63) is 85.2 Å². The average molecular weight is 415 g/mol. The molecular formula is C22H17N5O2S. The van der Waals surface area contributed by atoms with E-state index < -0.39 is 10.0 Å². The van der Waals surface area contributed by atoms with Crippen LogP contribution in [-0.4, -0.2) is 28.4 Å². The van der Waals surface area contributed by atoms with Crippen molar-refractivity contribution >= 4 is 26.7 Å². The molecule has 0 radical (unpaired) electrons. The van der Waals surface area contributed by atoms with Gasteiger partial charge in [0.05, 0.1) is 15.9 Å². The quantitative estimate of drug-likeness (QED) is 0.395. The van der Waals surface area contributed by atoms with Crippen molar-refractivity contribution in [2.75, 3.05) is 4.72 Å². The topological polar surface area (TPSA) is 104 Å². The third kappa shape index (κ3) is 3.44. The summed E-state index contributed by atoms with van der Waals surface area (Å²) in [5.41, 5.74) is 3.85. The molecule has 0 saturated carbocycles. The van der Waals surface area contributed by atoms with E-state index in [1.807, 2.05) is 30.3 Å². The molecule has 0 saturated heterocycles. The van der Waals surface area contributed by atoms with Crippen LogP contribution in [0.15, 0.2) is 90.1 Å². The predicted molar refractivity (Wildman–Crippen MR) is 116 cm³/mol. The molecule has 2 aromatic heterocycles. The van der Waals surface area contributed by atoms with Crippen molar-refractivity contribution in [1.29, 1.82) is 0 Å². The Labute approximate surface area is 172 Å². The fourth-order valence-corrected chi connectivity index (χ4v) is 4.30. The highest BCUT2D eigenvalue weighted by Gasteiger charge is 2.15. The number of para-hydroxylation sites is 2. The van der Waals surface area contributed by atoms with E-state index in [4.69, 9.17) is 0 Å². The Morgan fingerprint density at radius 3 is 2.43 bits per heavy atom. The number of fused-ring (bicyclic) bond motifs is 1. The van der Waals surface area contributed by atoms with Gasteiger partial charge >= 0.3 is 0 Å². The second kappa shape index (κ2) is 7.16. The summed E-state index contributed by atoms with van der Waals surface area (Å²) in [6, 6.07) is 21.4. The van der Waals surface area contributed by atoms with Gasteiger partial charge in [0.2, 0.25) is 0 Å². The molecule has 0 fully saturated rings. The second-order valence-corrected chi connectivity index (χ2v) is 8.43. The van der Waals surface area contributed by atoms with Crippen LogP contribution in [0.2, 0.25) is 0 Å². The summed E-state index contributed by atoms with van der Waals surface area (Å²) in [5.74, 6) is 1.37. The van der Waals surface area contributed by atoms with Gasteiger partial charge in [0.15, 0.2) is 0 Å². The van der Waals surface area contributed by atoms with Crippen molar-refractivity contribution < 1.29 is 8.42 Å². The monoisotopic (exact) mass is 415 g/mol. The zero-order valence-corrected chi connectivity index (χ0v) is 16.5. The normalized spacial score (nSPS) is 11.6. The molecule has 0 aliphatic rings. The lowest BCUT2D eigenvalue weighted by atomic mass is 10.2. The summed E-state index contributed by atoms with van der Waals surface area (Å²) < 4.78 is 28.3. The number of benzene rings is 3. The maximum Gasteiger partial charge on any atom is 0.261 e. The van der Waals surface area contributed by atoms with Crippen LogP contribution >= 0.6 is 0 Å². The molecule has 5 rings (SSSR count). The highest BCUT2D eigenvalue weighted by Crippen LogP contribution is 2.25. The number of rotatable bonds is 5. The van der Waals surface area contributed by atoms with Gasteiger partial charge in [-0.15, -0.1) is 0 Å². The fourth-order valence-electron chi connectivity index (χ4n) is 3.25. The Kier molecular flexibility index (Phi) is 4.33. The Morgan fingerprint density at radius 2 is 1.67 bits per heavy atom. The summed E-state index contributed by atoms with van der Waals surface area (Å²) in [5, 5.41) is 0. The van der Waals surface area contributed by atoms with Gasteiger partial charge in [-0.25, -0.2) is 18.4 Å². The highest BCUT2D eigenvalue weighted by molar-refractivity contribution is 7.92. The molecule has 3 aromatic carbocycles. The van der Waals surface area contributed by atoms with Crippen LogP contribution in [-0.2, 0) is 10.0 Å². The largest absolute Gasteiger partial charge is 0.345 e. The number of H-pyrrole nitrogens is 2. The number of anilines is 1. The van der Waals surface area contributed by atoms with E-state index in [2.05, 4.69) is 24.7 Å². The molecule has 0 bridgehead atoms.